The molecule has 1 aromatic rings. The van der Waals surface area contributed by atoms with E-state index in [1.807, 2.05) is 0 Å². The summed E-state index contributed by atoms with van der Waals surface area (Å²) in [5, 5.41) is 0.544. The van der Waals surface area contributed by atoms with Crippen LogP contribution in [0.2, 0.25) is 5.02 Å². The molecule has 0 fully saturated rings. The minimum absolute atomic E-state index is 0.544. The Labute approximate surface area is 77.7 Å². The van der Waals surface area contributed by atoms with Crippen LogP contribution >= 0.6 is 34.2 Å². The van der Waals surface area contributed by atoms with Crippen molar-refractivity contribution in [1.82, 2.24) is 4.98 Å². The van der Waals surface area contributed by atoms with Crippen molar-refractivity contribution in [2.75, 3.05) is 7.11 Å². The summed E-state index contributed by atoms with van der Waals surface area (Å²) in [6, 6.07) is 1.78. The summed E-state index contributed by atoms with van der Waals surface area (Å²) >= 11 is 7.80. The van der Waals surface area contributed by atoms with E-state index in [1.165, 1.54) is 0 Å². The van der Waals surface area contributed by atoms with Crippen molar-refractivity contribution in [3.63, 3.8) is 0 Å². The van der Waals surface area contributed by atoms with Gasteiger partial charge in [-0.25, -0.2) is 4.98 Å². The lowest BCUT2D eigenvalue weighted by molar-refractivity contribution is 0.414. The van der Waals surface area contributed by atoms with Crippen LogP contribution in [0.15, 0.2) is 12.3 Å². The minimum atomic E-state index is 0.544. The molecule has 2 nitrogen and oxygen atoms in total. The molecule has 0 unspecified atom stereocenters. The van der Waals surface area contributed by atoms with Crippen molar-refractivity contribution in [1.29, 1.82) is 0 Å². The van der Waals surface area contributed by atoms with Crippen molar-refractivity contribution in [2.24, 2.45) is 0 Å². The molecule has 0 radical (unpaired) electrons. The van der Waals surface area contributed by atoms with Crippen molar-refractivity contribution in [3.8, 4) is 5.75 Å². The van der Waals surface area contributed by atoms with E-state index >= 15 is 0 Å². The van der Waals surface area contributed by atoms with Gasteiger partial charge in [-0.2, -0.15) is 0 Å². The first kappa shape index (κ1) is 8.07. The van der Waals surface area contributed by atoms with Crippen LogP contribution in [-0.2, 0) is 0 Å². The third-order valence-corrected chi connectivity index (χ3v) is 1.88. The SMILES string of the molecule is COc1cc(I)ncc1Cl. The molecule has 1 rings (SSSR count). The van der Waals surface area contributed by atoms with Gasteiger partial charge >= 0.3 is 0 Å². The van der Waals surface area contributed by atoms with Gasteiger partial charge in [0.2, 0.25) is 0 Å². The maximum Gasteiger partial charge on any atom is 0.141 e. The highest BCUT2D eigenvalue weighted by Gasteiger charge is 1.99. The molecule has 10 heavy (non-hydrogen) atoms. The molecule has 0 amide bonds. The fourth-order valence-electron chi connectivity index (χ4n) is 0.553. The van der Waals surface area contributed by atoms with Crippen LogP contribution in [0, 0.1) is 3.70 Å². The summed E-state index contributed by atoms with van der Waals surface area (Å²) in [7, 11) is 1.58. The van der Waals surface area contributed by atoms with Crippen LogP contribution in [0.1, 0.15) is 0 Å². The zero-order valence-electron chi connectivity index (χ0n) is 5.27. The van der Waals surface area contributed by atoms with Crippen molar-refractivity contribution >= 4 is 34.2 Å². The Kier molecular flexibility index (Phi) is 2.73. The van der Waals surface area contributed by atoms with Crippen LogP contribution in [0.4, 0.5) is 0 Å². The number of halogens is 2. The number of methoxy groups -OCH3 is 1. The molecule has 4 heteroatoms. The maximum absolute atomic E-state index is 5.71. The van der Waals surface area contributed by atoms with E-state index in [4.69, 9.17) is 16.3 Å². The summed E-state index contributed by atoms with van der Waals surface area (Å²) < 4.78 is 5.82. The Morgan fingerprint density at radius 1 is 1.70 bits per heavy atom. The number of aromatic nitrogens is 1. The third-order valence-electron chi connectivity index (χ3n) is 1.01. The molecular formula is C6H5ClINO. The first-order valence-electron chi connectivity index (χ1n) is 2.59. The zero-order chi connectivity index (χ0) is 7.56. The van der Waals surface area contributed by atoms with Gasteiger partial charge in [-0.3, -0.25) is 0 Å². The van der Waals surface area contributed by atoms with Gasteiger partial charge in [-0.1, -0.05) is 11.6 Å². The van der Waals surface area contributed by atoms with E-state index in [0.717, 1.165) is 3.70 Å². The molecular weight excluding hydrogens is 264 g/mol. The monoisotopic (exact) mass is 269 g/mol. The number of hydrogen-bond donors (Lipinski definition) is 0. The summed E-state index contributed by atoms with van der Waals surface area (Å²) in [5.41, 5.74) is 0. The molecule has 0 aromatic carbocycles. The first-order chi connectivity index (χ1) is 4.74. The number of hydrogen-bond acceptors (Lipinski definition) is 2. The standard InChI is InChI=1S/C6H5ClINO/c1-10-5-2-6(8)9-3-4(5)7/h2-3H,1H3. The Balaban J connectivity index is 3.09. The zero-order valence-corrected chi connectivity index (χ0v) is 8.18. The Morgan fingerprint density at radius 3 is 2.90 bits per heavy atom. The van der Waals surface area contributed by atoms with E-state index in [-0.39, 0.29) is 0 Å². The van der Waals surface area contributed by atoms with Crippen LogP contribution < -0.4 is 4.74 Å². The lowest BCUT2D eigenvalue weighted by Crippen LogP contribution is -1.86. The summed E-state index contributed by atoms with van der Waals surface area (Å²) in [4.78, 5) is 3.96. The number of pyridine rings is 1. The smallest absolute Gasteiger partial charge is 0.141 e. The highest BCUT2D eigenvalue weighted by Crippen LogP contribution is 2.23. The van der Waals surface area contributed by atoms with Crippen molar-refractivity contribution in [2.45, 2.75) is 0 Å². The van der Waals surface area contributed by atoms with E-state index in [9.17, 15) is 0 Å². The second kappa shape index (κ2) is 3.39. The topological polar surface area (TPSA) is 22.1 Å². The molecule has 0 saturated carbocycles. The molecule has 0 spiro atoms. The first-order valence-corrected chi connectivity index (χ1v) is 4.04. The summed E-state index contributed by atoms with van der Waals surface area (Å²) in [6.07, 6.45) is 1.57. The lowest BCUT2D eigenvalue weighted by Gasteiger charge is -2.00. The van der Waals surface area contributed by atoms with Gasteiger partial charge in [-0.05, 0) is 22.6 Å². The molecule has 1 heterocycles. The average molecular weight is 269 g/mol. The minimum Gasteiger partial charge on any atom is -0.495 e. The molecule has 0 atom stereocenters. The third kappa shape index (κ3) is 1.73. The predicted octanol–water partition coefficient (Wildman–Crippen LogP) is 2.35. The molecule has 0 saturated heterocycles. The second-order valence-corrected chi connectivity index (χ2v) is 3.15. The fourth-order valence-corrected chi connectivity index (χ4v) is 1.16. The van der Waals surface area contributed by atoms with Gasteiger partial charge in [0, 0.05) is 6.07 Å². The lowest BCUT2D eigenvalue weighted by atomic mass is 10.4. The quantitative estimate of drug-likeness (QED) is 0.577. The highest BCUT2D eigenvalue weighted by molar-refractivity contribution is 14.1. The van der Waals surface area contributed by atoms with Gasteiger partial charge in [0.1, 0.15) is 14.5 Å². The van der Waals surface area contributed by atoms with E-state index < -0.39 is 0 Å². The molecule has 0 aliphatic rings. The van der Waals surface area contributed by atoms with E-state index in [0.29, 0.717) is 10.8 Å². The molecule has 1 aromatic heterocycles. The largest absolute Gasteiger partial charge is 0.495 e. The highest BCUT2D eigenvalue weighted by atomic mass is 127. The van der Waals surface area contributed by atoms with Gasteiger partial charge in [0.25, 0.3) is 0 Å². The fraction of sp³-hybridized carbons (Fsp3) is 0.167. The van der Waals surface area contributed by atoms with Crippen molar-refractivity contribution in [3.05, 3.63) is 21.0 Å². The van der Waals surface area contributed by atoms with E-state index in [1.54, 1.807) is 19.4 Å². The number of nitrogens with zero attached hydrogens (tertiary/aromatic N) is 1. The van der Waals surface area contributed by atoms with Gasteiger partial charge in [0.15, 0.2) is 0 Å². The molecule has 0 aliphatic heterocycles. The predicted molar refractivity (Wildman–Crippen MR) is 48.5 cm³/mol. The number of rotatable bonds is 1. The van der Waals surface area contributed by atoms with Crippen LogP contribution in [0.25, 0.3) is 0 Å². The normalized spacial score (nSPS) is 9.50. The second-order valence-electron chi connectivity index (χ2n) is 1.64. The molecule has 0 aliphatic carbocycles. The Morgan fingerprint density at radius 2 is 2.40 bits per heavy atom. The number of ether oxygens (including phenoxy) is 1. The maximum atomic E-state index is 5.71. The van der Waals surface area contributed by atoms with E-state index in [2.05, 4.69) is 27.6 Å². The van der Waals surface area contributed by atoms with Crippen LogP contribution in [-0.4, -0.2) is 12.1 Å². The Bertz CT molecular complexity index is 241. The summed E-state index contributed by atoms with van der Waals surface area (Å²) in [6.45, 7) is 0. The summed E-state index contributed by atoms with van der Waals surface area (Å²) in [5.74, 6) is 0.668. The van der Waals surface area contributed by atoms with Crippen LogP contribution in [0.5, 0.6) is 5.75 Å². The molecule has 0 bridgehead atoms. The molecule has 0 N–H and O–H groups in total. The average Bonchev–Trinajstić information content (AvgIpc) is 1.94. The molecule has 54 valence electrons. The van der Waals surface area contributed by atoms with Gasteiger partial charge < -0.3 is 4.74 Å². The Hall–Kier alpha value is -0.0300. The van der Waals surface area contributed by atoms with Crippen LogP contribution in [0.3, 0.4) is 0 Å². The van der Waals surface area contributed by atoms with Gasteiger partial charge in [0.05, 0.1) is 13.3 Å². The van der Waals surface area contributed by atoms with Crippen molar-refractivity contribution < 1.29 is 4.74 Å². The van der Waals surface area contributed by atoms with Gasteiger partial charge in [-0.15, -0.1) is 0 Å².